The lowest BCUT2D eigenvalue weighted by molar-refractivity contribution is 0.763. The van der Waals surface area contributed by atoms with Crippen LogP contribution in [0.1, 0.15) is 11.6 Å². The van der Waals surface area contributed by atoms with E-state index in [1.54, 1.807) is 0 Å². The molecule has 0 saturated carbocycles. The molecule has 0 unspecified atom stereocenters. The summed E-state index contributed by atoms with van der Waals surface area (Å²) < 4.78 is 0. The first-order valence-corrected chi connectivity index (χ1v) is 2.85. The molecule has 0 spiro atoms. The molecule has 0 bridgehead atoms. The minimum atomic E-state index is 0.751. The van der Waals surface area contributed by atoms with Gasteiger partial charge in [0.05, 0.1) is 6.54 Å². The second kappa shape index (κ2) is 2.59. The van der Waals surface area contributed by atoms with E-state index in [1.807, 2.05) is 14.0 Å². The van der Waals surface area contributed by atoms with Gasteiger partial charge in [0.15, 0.2) is 0 Å². The molecule has 0 amide bonds. The lowest BCUT2D eigenvalue weighted by Crippen LogP contribution is -2.06. The summed E-state index contributed by atoms with van der Waals surface area (Å²) in [5.41, 5.74) is 0. The zero-order chi connectivity index (χ0) is 6.69. The number of rotatable bonds is 2. The average molecular weight is 126 g/mol. The molecule has 1 rings (SSSR count). The van der Waals surface area contributed by atoms with Crippen molar-refractivity contribution in [2.24, 2.45) is 0 Å². The highest BCUT2D eigenvalue weighted by Crippen LogP contribution is 1.87. The molecule has 0 atom stereocenters. The van der Waals surface area contributed by atoms with Crippen molar-refractivity contribution in [1.82, 2.24) is 20.5 Å². The molecule has 0 aliphatic heterocycles. The van der Waals surface area contributed by atoms with Crippen LogP contribution in [0.4, 0.5) is 0 Å². The van der Waals surface area contributed by atoms with Gasteiger partial charge in [0, 0.05) is 0 Å². The quantitative estimate of drug-likeness (QED) is 0.578. The largest absolute Gasteiger partial charge is 0.313 e. The van der Waals surface area contributed by atoms with Crippen molar-refractivity contribution < 1.29 is 0 Å². The van der Waals surface area contributed by atoms with Crippen LogP contribution in [0, 0.1) is 6.92 Å². The fourth-order valence-corrected chi connectivity index (χ4v) is 0.637. The van der Waals surface area contributed by atoms with E-state index in [4.69, 9.17) is 0 Å². The van der Waals surface area contributed by atoms with Gasteiger partial charge in [0.25, 0.3) is 0 Å². The van der Waals surface area contributed by atoms with E-state index in [-0.39, 0.29) is 0 Å². The Hall–Kier alpha value is -0.900. The molecule has 0 aliphatic rings. The van der Waals surface area contributed by atoms with Crippen molar-refractivity contribution in [2.75, 3.05) is 7.05 Å². The van der Waals surface area contributed by atoms with E-state index in [2.05, 4.69) is 20.5 Å². The number of aromatic nitrogens is 3. The highest BCUT2D eigenvalue weighted by Gasteiger charge is 1.93. The standard InChI is InChI=1S/C5H10N4/c1-4-7-5(3-6-2)9-8-4/h6H,3H2,1-2H3,(H,7,8,9). The van der Waals surface area contributed by atoms with E-state index in [0.29, 0.717) is 0 Å². The molecular weight excluding hydrogens is 116 g/mol. The van der Waals surface area contributed by atoms with E-state index < -0.39 is 0 Å². The predicted molar refractivity (Wildman–Crippen MR) is 33.9 cm³/mol. The lowest BCUT2D eigenvalue weighted by atomic mass is 10.6. The molecule has 0 saturated heterocycles. The lowest BCUT2D eigenvalue weighted by Gasteiger charge is -1.88. The number of nitrogens with one attached hydrogen (secondary N) is 2. The van der Waals surface area contributed by atoms with Crippen molar-refractivity contribution in [1.29, 1.82) is 0 Å². The monoisotopic (exact) mass is 126 g/mol. The minimum Gasteiger partial charge on any atom is -0.313 e. The Morgan fingerprint density at radius 2 is 2.44 bits per heavy atom. The van der Waals surface area contributed by atoms with Crippen LogP contribution in [-0.2, 0) is 6.54 Å². The second-order valence-electron chi connectivity index (χ2n) is 1.86. The summed E-state index contributed by atoms with van der Waals surface area (Å²) in [6, 6.07) is 0. The first-order chi connectivity index (χ1) is 4.33. The second-order valence-corrected chi connectivity index (χ2v) is 1.86. The first kappa shape index (κ1) is 6.22. The van der Waals surface area contributed by atoms with Crippen LogP contribution < -0.4 is 5.32 Å². The van der Waals surface area contributed by atoms with Crippen molar-refractivity contribution in [3.05, 3.63) is 11.6 Å². The average Bonchev–Trinajstić information content (AvgIpc) is 2.17. The van der Waals surface area contributed by atoms with Crippen molar-refractivity contribution in [3.63, 3.8) is 0 Å². The Morgan fingerprint density at radius 3 is 2.89 bits per heavy atom. The van der Waals surface area contributed by atoms with Crippen LogP contribution in [0.3, 0.4) is 0 Å². The SMILES string of the molecule is CNCc1nc(C)n[nH]1. The summed E-state index contributed by atoms with van der Waals surface area (Å²) in [7, 11) is 1.87. The van der Waals surface area contributed by atoms with Crippen LogP contribution in [0.25, 0.3) is 0 Å². The maximum Gasteiger partial charge on any atom is 0.147 e. The molecule has 2 N–H and O–H groups in total. The fraction of sp³-hybridized carbons (Fsp3) is 0.600. The Kier molecular flexibility index (Phi) is 1.79. The summed E-state index contributed by atoms with van der Waals surface area (Å²) in [4.78, 5) is 4.07. The summed E-state index contributed by atoms with van der Waals surface area (Å²) >= 11 is 0. The third-order valence-corrected chi connectivity index (χ3v) is 0.988. The summed E-state index contributed by atoms with van der Waals surface area (Å²) in [6.07, 6.45) is 0. The number of hydrogen-bond acceptors (Lipinski definition) is 3. The smallest absolute Gasteiger partial charge is 0.147 e. The maximum atomic E-state index is 4.07. The van der Waals surface area contributed by atoms with Gasteiger partial charge in [-0.15, -0.1) is 0 Å². The topological polar surface area (TPSA) is 53.6 Å². The first-order valence-electron chi connectivity index (χ1n) is 2.85. The molecular formula is C5H10N4. The number of nitrogens with zero attached hydrogens (tertiary/aromatic N) is 2. The van der Waals surface area contributed by atoms with Crippen molar-refractivity contribution in [2.45, 2.75) is 13.5 Å². The van der Waals surface area contributed by atoms with Gasteiger partial charge in [-0.1, -0.05) is 0 Å². The van der Waals surface area contributed by atoms with Crippen LogP contribution in [0.15, 0.2) is 0 Å². The fourth-order valence-electron chi connectivity index (χ4n) is 0.637. The predicted octanol–water partition coefficient (Wildman–Crippen LogP) is -0.167. The number of hydrogen-bond donors (Lipinski definition) is 2. The Labute approximate surface area is 53.7 Å². The van der Waals surface area contributed by atoms with Gasteiger partial charge in [-0.2, -0.15) is 5.10 Å². The molecule has 0 aromatic carbocycles. The minimum absolute atomic E-state index is 0.751. The number of aromatic amines is 1. The third kappa shape index (κ3) is 1.50. The molecule has 4 heteroatoms. The summed E-state index contributed by atoms with van der Waals surface area (Å²) in [6.45, 7) is 2.61. The van der Waals surface area contributed by atoms with Gasteiger partial charge in [0.1, 0.15) is 11.6 Å². The Balaban J connectivity index is 2.61. The molecule has 0 fully saturated rings. The van der Waals surface area contributed by atoms with Crippen LogP contribution in [0.2, 0.25) is 0 Å². The van der Waals surface area contributed by atoms with E-state index >= 15 is 0 Å². The zero-order valence-corrected chi connectivity index (χ0v) is 5.60. The third-order valence-electron chi connectivity index (χ3n) is 0.988. The van der Waals surface area contributed by atoms with Crippen LogP contribution in [0.5, 0.6) is 0 Å². The van der Waals surface area contributed by atoms with Crippen LogP contribution in [-0.4, -0.2) is 22.2 Å². The number of H-pyrrole nitrogens is 1. The van der Waals surface area contributed by atoms with Gasteiger partial charge in [-0.3, -0.25) is 5.10 Å². The van der Waals surface area contributed by atoms with E-state index in [0.717, 1.165) is 18.2 Å². The molecule has 0 radical (unpaired) electrons. The van der Waals surface area contributed by atoms with Crippen molar-refractivity contribution in [3.8, 4) is 0 Å². The van der Waals surface area contributed by atoms with Crippen LogP contribution >= 0.6 is 0 Å². The zero-order valence-electron chi connectivity index (χ0n) is 5.60. The van der Waals surface area contributed by atoms with E-state index in [1.165, 1.54) is 0 Å². The summed E-state index contributed by atoms with van der Waals surface area (Å²) in [5.74, 6) is 1.68. The highest BCUT2D eigenvalue weighted by molar-refractivity contribution is 4.86. The molecule has 4 nitrogen and oxygen atoms in total. The van der Waals surface area contributed by atoms with Crippen molar-refractivity contribution >= 4 is 0 Å². The molecule has 9 heavy (non-hydrogen) atoms. The Morgan fingerprint density at radius 1 is 1.67 bits per heavy atom. The van der Waals surface area contributed by atoms with Gasteiger partial charge in [0.2, 0.25) is 0 Å². The molecule has 0 aliphatic carbocycles. The molecule has 1 aromatic heterocycles. The van der Waals surface area contributed by atoms with Gasteiger partial charge in [-0.25, -0.2) is 4.98 Å². The van der Waals surface area contributed by atoms with E-state index in [9.17, 15) is 0 Å². The van der Waals surface area contributed by atoms with Gasteiger partial charge >= 0.3 is 0 Å². The molecule has 1 aromatic rings. The van der Waals surface area contributed by atoms with Gasteiger partial charge in [-0.05, 0) is 14.0 Å². The molecule has 50 valence electrons. The normalized spacial score (nSPS) is 10.0. The maximum absolute atomic E-state index is 4.07. The highest BCUT2D eigenvalue weighted by atomic mass is 15.2. The number of aryl methyl sites for hydroxylation is 1. The summed E-state index contributed by atoms with van der Waals surface area (Å²) in [5, 5.41) is 9.61. The van der Waals surface area contributed by atoms with Gasteiger partial charge < -0.3 is 5.32 Å². The molecule has 1 heterocycles. The Bertz CT molecular complexity index is 181.